The van der Waals surface area contributed by atoms with E-state index < -0.39 is 0 Å². The molecule has 0 aliphatic carbocycles. The molecule has 1 heterocycles. The van der Waals surface area contributed by atoms with Crippen LogP contribution < -0.4 is 4.74 Å². The van der Waals surface area contributed by atoms with E-state index in [2.05, 4.69) is 32.8 Å². The fourth-order valence-corrected chi connectivity index (χ4v) is 1.12. The van der Waals surface area contributed by atoms with Gasteiger partial charge in [0.2, 0.25) is 5.88 Å². The second-order valence-electron chi connectivity index (χ2n) is 2.49. The van der Waals surface area contributed by atoms with E-state index in [1.807, 2.05) is 13.0 Å². The smallest absolute Gasteiger partial charge is 0.215 e. The Balaban J connectivity index is 2.96. The minimum atomic E-state index is 0.657. The van der Waals surface area contributed by atoms with Crippen molar-refractivity contribution in [3.63, 3.8) is 0 Å². The summed E-state index contributed by atoms with van der Waals surface area (Å²) in [6.45, 7) is 1.95. The van der Waals surface area contributed by atoms with Gasteiger partial charge in [0.05, 0.1) is 12.4 Å². The first-order chi connectivity index (χ1) is 6.27. The van der Waals surface area contributed by atoms with Crippen molar-refractivity contribution in [2.24, 2.45) is 0 Å². The number of aromatic nitrogens is 1. The maximum Gasteiger partial charge on any atom is 0.215 e. The van der Waals surface area contributed by atoms with Crippen LogP contribution in [-0.2, 0) is 0 Å². The molecule has 1 aromatic rings. The largest absolute Gasteiger partial charge is 0.481 e. The van der Waals surface area contributed by atoms with Crippen molar-refractivity contribution in [1.82, 2.24) is 4.98 Å². The van der Waals surface area contributed by atoms with Crippen molar-refractivity contribution in [3.05, 3.63) is 23.4 Å². The first-order valence-electron chi connectivity index (χ1n) is 3.83. The molecule has 0 atom stereocenters. The molecule has 0 aliphatic rings. The molecule has 0 spiro atoms. The molecule has 3 heteroatoms. The number of aryl methyl sites for hydroxylation is 1. The van der Waals surface area contributed by atoms with Crippen LogP contribution in [0.1, 0.15) is 11.1 Å². The lowest BCUT2D eigenvalue weighted by Crippen LogP contribution is -1.91. The molecular formula is C10H10BrNO. The number of halogens is 1. The summed E-state index contributed by atoms with van der Waals surface area (Å²) in [5.41, 5.74) is 1.92. The van der Waals surface area contributed by atoms with E-state index in [9.17, 15) is 0 Å². The van der Waals surface area contributed by atoms with E-state index in [-0.39, 0.29) is 0 Å². The maximum absolute atomic E-state index is 5.04. The average molecular weight is 240 g/mol. The second-order valence-corrected chi connectivity index (χ2v) is 3.05. The van der Waals surface area contributed by atoms with E-state index in [1.165, 1.54) is 0 Å². The van der Waals surface area contributed by atoms with Gasteiger partial charge in [0.1, 0.15) is 0 Å². The van der Waals surface area contributed by atoms with Gasteiger partial charge in [-0.05, 0) is 13.0 Å². The third kappa shape index (κ3) is 2.74. The van der Waals surface area contributed by atoms with Crippen LogP contribution in [0.4, 0.5) is 0 Å². The van der Waals surface area contributed by atoms with Gasteiger partial charge in [-0.3, -0.25) is 0 Å². The van der Waals surface area contributed by atoms with Gasteiger partial charge in [-0.2, -0.15) is 0 Å². The van der Waals surface area contributed by atoms with Crippen LogP contribution in [-0.4, -0.2) is 17.4 Å². The molecule has 0 N–H and O–H groups in total. The number of hydrogen-bond donors (Lipinski definition) is 0. The van der Waals surface area contributed by atoms with Gasteiger partial charge in [-0.15, -0.1) is 0 Å². The quantitative estimate of drug-likeness (QED) is 0.554. The Morgan fingerprint density at radius 1 is 1.62 bits per heavy atom. The van der Waals surface area contributed by atoms with Crippen molar-refractivity contribution in [2.75, 3.05) is 12.4 Å². The monoisotopic (exact) mass is 239 g/mol. The zero-order valence-corrected chi connectivity index (χ0v) is 9.18. The van der Waals surface area contributed by atoms with Crippen LogP contribution in [0.5, 0.6) is 5.88 Å². The molecule has 0 aliphatic heterocycles. The summed E-state index contributed by atoms with van der Waals surface area (Å²) in [5.74, 6) is 6.54. The van der Waals surface area contributed by atoms with Gasteiger partial charge in [-0.1, -0.05) is 27.8 Å². The summed E-state index contributed by atoms with van der Waals surface area (Å²) in [6, 6.07) is 1.96. The van der Waals surface area contributed by atoms with Crippen molar-refractivity contribution in [1.29, 1.82) is 0 Å². The number of hydrogen-bond acceptors (Lipinski definition) is 2. The molecular weight excluding hydrogens is 230 g/mol. The highest BCUT2D eigenvalue weighted by Gasteiger charge is 1.98. The summed E-state index contributed by atoms with van der Waals surface area (Å²) in [4.78, 5) is 4.11. The Hall–Kier alpha value is -1.01. The molecule has 0 unspecified atom stereocenters. The second kappa shape index (κ2) is 4.88. The molecule has 0 saturated carbocycles. The van der Waals surface area contributed by atoms with Crippen LogP contribution in [0.2, 0.25) is 0 Å². The zero-order chi connectivity index (χ0) is 9.68. The summed E-state index contributed by atoms with van der Waals surface area (Å²) in [5, 5.41) is 0.679. The fraction of sp³-hybridized carbons (Fsp3) is 0.300. The van der Waals surface area contributed by atoms with Gasteiger partial charge < -0.3 is 4.74 Å². The third-order valence-electron chi connectivity index (χ3n) is 1.52. The number of methoxy groups -OCH3 is 1. The summed E-state index contributed by atoms with van der Waals surface area (Å²) < 4.78 is 5.04. The lowest BCUT2D eigenvalue weighted by atomic mass is 10.2. The van der Waals surface area contributed by atoms with E-state index in [0.29, 0.717) is 11.2 Å². The van der Waals surface area contributed by atoms with Gasteiger partial charge in [-0.25, -0.2) is 4.98 Å². The molecule has 13 heavy (non-hydrogen) atoms. The number of alkyl halides is 1. The Bertz CT molecular complexity index is 352. The average Bonchev–Trinajstić information content (AvgIpc) is 2.15. The van der Waals surface area contributed by atoms with Crippen molar-refractivity contribution >= 4 is 15.9 Å². The standard InChI is InChI=1S/C10H10BrNO/c1-8-6-9(4-3-5-11)7-12-10(8)13-2/h6-7H,5H2,1-2H3. The number of rotatable bonds is 1. The van der Waals surface area contributed by atoms with Crippen LogP contribution in [0.25, 0.3) is 0 Å². The maximum atomic E-state index is 5.04. The fourth-order valence-electron chi connectivity index (χ4n) is 0.980. The molecule has 0 radical (unpaired) electrons. The minimum Gasteiger partial charge on any atom is -0.481 e. The number of pyridine rings is 1. The SMILES string of the molecule is COc1ncc(C#CCBr)cc1C. The van der Waals surface area contributed by atoms with E-state index in [4.69, 9.17) is 4.74 Å². The summed E-state index contributed by atoms with van der Waals surface area (Å²) >= 11 is 3.23. The predicted molar refractivity (Wildman–Crippen MR) is 56.2 cm³/mol. The van der Waals surface area contributed by atoms with Crippen LogP contribution in [0.3, 0.4) is 0 Å². The van der Waals surface area contributed by atoms with Crippen LogP contribution in [0.15, 0.2) is 12.3 Å². The Kier molecular flexibility index (Phi) is 3.78. The summed E-state index contributed by atoms with van der Waals surface area (Å²) in [6.07, 6.45) is 1.71. The topological polar surface area (TPSA) is 22.1 Å². The van der Waals surface area contributed by atoms with Gasteiger partial charge in [0.15, 0.2) is 0 Å². The molecule has 0 fully saturated rings. The molecule has 2 nitrogen and oxygen atoms in total. The van der Waals surface area contributed by atoms with Crippen LogP contribution in [0, 0.1) is 18.8 Å². The first-order valence-corrected chi connectivity index (χ1v) is 4.95. The first kappa shape index (κ1) is 10.1. The molecule has 0 amide bonds. The lowest BCUT2D eigenvalue weighted by molar-refractivity contribution is 0.394. The van der Waals surface area contributed by atoms with Crippen molar-refractivity contribution < 1.29 is 4.74 Å². The summed E-state index contributed by atoms with van der Waals surface area (Å²) in [7, 11) is 1.61. The van der Waals surface area contributed by atoms with Gasteiger partial charge in [0, 0.05) is 17.3 Å². The predicted octanol–water partition coefficient (Wildman–Crippen LogP) is 2.15. The van der Waals surface area contributed by atoms with Gasteiger partial charge in [0.25, 0.3) is 0 Å². The Morgan fingerprint density at radius 3 is 2.92 bits per heavy atom. The lowest BCUT2D eigenvalue weighted by Gasteiger charge is -2.01. The van der Waals surface area contributed by atoms with Crippen LogP contribution >= 0.6 is 15.9 Å². The third-order valence-corrected chi connectivity index (χ3v) is 1.80. The van der Waals surface area contributed by atoms with E-state index in [0.717, 1.165) is 11.1 Å². The molecule has 68 valence electrons. The van der Waals surface area contributed by atoms with E-state index in [1.54, 1.807) is 13.3 Å². The highest BCUT2D eigenvalue weighted by Crippen LogP contribution is 2.13. The molecule has 0 aromatic carbocycles. The van der Waals surface area contributed by atoms with Crippen molar-refractivity contribution in [3.8, 4) is 17.7 Å². The van der Waals surface area contributed by atoms with Gasteiger partial charge >= 0.3 is 0 Å². The minimum absolute atomic E-state index is 0.657. The molecule has 0 saturated heterocycles. The molecule has 0 bridgehead atoms. The Labute approximate surface area is 86.5 Å². The highest BCUT2D eigenvalue weighted by molar-refractivity contribution is 9.09. The number of nitrogens with zero attached hydrogens (tertiary/aromatic N) is 1. The van der Waals surface area contributed by atoms with E-state index >= 15 is 0 Å². The highest BCUT2D eigenvalue weighted by atomic mass is 79.9. The number of ether oxygens (including phenoxy) is 1. The Morgan fingerprint density at radius 2 is 2.38 bits per heavy atom. The van der Waals surface area contributed by atoms with Crippen molar-refractivity contribution in [2.45, 2.75) is 6.92 Å². The molecule has 1 rings (SSSR count). The zero-order valence-electron chi connectivity index (χ0n) is 7.60. The molecule has 1 aromatic heterocycles. The normalized spacial score (nSPS) is 8.85.